The number of halogens is 1. The summed E-state index contributed by atoms with van der Waals surface area (Å²) in [5.41, 5.74) is 3.27. The molecule has 3 rings (SSSR count). The van der Waals surface area contributed by atoms with Crippen molar-refractivity contribution in [3.05, 3.63) is 62.0 Å². The maximum Gasteiger partial charge on any atom is 0.332 e. The number of rotatable bonds is 4. The molecule has 0 saturated carbocycles. The van der Waals surface area contributed by atoms with E-state index >= 15 is 0 Å². The molecule has 0 saturated heterocycles. The molecule has 1 amide bonds. The topological polar surface area (TPSA) is 103 Å². The van der Waals surface area contributed by atoms with Gasteiger partial charge in [-0.1, -0.05) is 23.7 Å². The Morgan fingerprint density at radius 2 is 1.85 bits per heavy atom. The van der Waals surface area contributed by atoms with Crippen LogP contribution in [0.15, 0.2) is 45.3 Å². The lowest BCUT2D eigenvalue weighted by atomic mass is 10.1. The highest BCUT2D eigenvalue weighted by Crippen LogP contribution is 2.10. The van der Waals surface area contributed by atoms with Crippen LogP contribution in [-0.2, 0) is 25.4 Å². The molecule has 0 aliphatic rings. The maximum absolute atomic E-state index is 12.4. The largest absolute Gasteiger partial charge is 0.332 e. The number of carbonyl (C=O) groups is 1. The molecule has 2 heterocycles. The molecule has 9 nitrogen and oxygen atoms in total. The van der Waals surface area contributed by atoms with E-state index in [4.69, 9.17) is 11.6 Å². The third-order valence-electron chi connectivity index (χ3n) is 4.14. The maximum atomic E-state index is 12.4. The average Bonchev–Trinajstić information content (AvgIpc) is 3.07. The lowest BCUT2D eigenvalue weighted by Gasteiger charge is -2.06. The number of hydrazone groups is 1. The van der Waals surface area contributed by atoms with E-state index < -0.39 is 17.2 Å². The van der Waals surface area contributed by atoms with Gasteiger partial charge in [-0.15, -0.1) is 0 Å². The number of benzene rings is 1. The number of amides is 1. The highest BCUT2D eigenvalue weighted by Gasteiger charge is 2.15. The van der Waals surface area contributed by atoms with E-state index in [2.05, 4.69) is 15.5 Å². The highest BCUT2D eigenvalue weighted by atomic mass is 35.5. The van der Waals surface area contributed by atoms with Crippen molar-refractivity contribution in [3.8, 4) is 0 Å². The predicted molar refractivity (Wildman–Crippen MR) is 102 cm³/mol. The summed E-state index contributed by atoms with van der Waals surface area (Å²) in [6, 6.07) is 7.05. The third-order valence-corrected chi connectivity index (χ3v) is 4.39. The lowest BCUT2D eigenvalue weighted by Crippen LogP contribution is -2.38. The fourth-order valence-electron chi connectivity index (χ4n) is 2.61. The van der Waals surface area contributed by atoms with E-state index in [-0.39, 0.29) is 17.7 Å². The van der Waals surface area contributed by atoms with Crippen LogP contribution in [0.5, 0.6) is 0 Å². The number of aromatic nitrogens is 4. The van der Waals surface area contributed by atoms with Gasteiger partial charge in [-0.25, -0.2) is 15.2 Å². The van der Waals surface area contributed by atoms with Gasteiger partial charge in [0.05, 0.1) is 12.0 Å². The van der Waals surface area contributed by atoms with Gasteiger partial charge in [-0.2, -0.15) is 5.10 Å². The number of hydrogen-bond acceptors (Lipinski definition) is 5. The summed E-state index contributed by atoms with van der Waals surface area (Å²) in [4.78, 5) is 40.6. The second-order valence-corrected chi connectivity index (χ2v) is 6.43. The summed E-state index contributed by atoms with van der Waals surface area (Å²) >= 11 is 5.85. The summed E-state index contributed by atoms with van der Waals surface area (Å²) in [6.07, 6.45) is 1.35. The van der Waals surface area contributed by atoms with Crippen molar-refractivity contribution < 1.29 is 4.79 Å². The van der Waals surface area contributed by atoms with E-state index in [1.807, 2.05) is 0 Å². The fourth-order valence-corrected chi connectivity index (χ4v) is 2.73. The van der Waals surface area contributed by atoms with Crippen LogP contribution < -0.4 is 16.7 Å². The molecule has 0 spiro atoms. The van der Waals surface area contributed by atoms with Crippen molar-refractivity contribution in [1.82, 2.24) is 24.1 Å². The van der Waals surface area contributed by atoms with Crippen LogP contribution in [0.3, 0.4) is 0 Å². The Balaban J connectivity index is 1.83. The molecule has 140 valence electrons. The molecule has 1 aromatic carbocycles. The van der Waals surface area contributed by atoms with Gasteiger partial charge < -0.3 is 4.57 Å². The molecule has 0 atom stereocenters. The standard InChI is InChI=1S/C17H17ClN6O3/c1-10(11-4-6-12(18)7-5-11)20-21-13(25)8-24-9-19-15-14(24)16(26)23(3)17(27)22(15)2/h4-7,9H,8H2,1-3H3,(H,21,25). The van der Waals surface area contributed by atoms with Crippen LogP contribution in [-0.4, -0.2) is 30.3 Å². The Morgan fingerprint density at radius 3 is 2.52 bits per heavy atom. The van der Waals surface area contributed by atoms with Gasteiger partial charge in [0.1, 0.15) is 6.54 Å². The predicted octanol–water partition coefficient (Wildman–Crippen LogP) is 0.627. The smallest absolute Gasteiger partial charge is 0.315 e. The van der Waals surface area contributed by atoms with E-state index in [0.29, 0.717) is 10.7 Å². The van der Waals surface area contributed by atoms with E-state index in [1.54, 1.807) is 31.2 Å². The molecular formula is C17H17ClN6O3. The van der Waals surface area contributed by atoms with Crippen molar-refractivity contribution in [1.29, 1.82) is 0 Å². The zero-order valence-corrected chi connectivity index (χ0v) is 15.7. The summed E-state index contributed by atoms with van der Waals surface area (Å²) in [6.45, 7) is 1.59. The lowest BCUT2D eigenvalue weighted by molar-refractivity contribution is -0.121. The summed E-state index contributed by atoms with van der Waals surface area (Å²) in [7, 11) is 2.89. The first kappa shape index (κ1) is 18.6. The van der Waals surface area contributed by atoms with Crippen LogP contribution in [0.2, 0.25) is 5.02 Å². The molecule has 0 fully saturated rings. The molecular weight excluding hydrogens is 372 g/mol. The van der Waals surface area contributed by atoms with E-state index in [1.165, 1.54) is 29.6 Å². The highest BCUT2D eigenvalue weighted by molar-refractivity contribution is 6.30. The zero-order valence-electron chi connectivity index (χ0n) is 14.9. The summed E-state index contributed by atoms with van der Waals surface area (Å²) in [5.74, 6) is -0.432. The minimum Gasteiger partial charge on any atom is -0.315 e. The number of nitrogens with one attached hydrogen (secondary N) is 1. The first-order valence-corrected chi connectivity index (χ1v) is 8.37. The van der Waals surface area contributed by atoms with Gasteiger partial charge in [0.15, 0.2) is 11.2 Å². The number of carbonyl (C=O) groups excluding carboxylic acids is 1. The van der Waals surface area contributed by atoms with Crippen LogP contribution in [0.25, 0.3) is 11.2 Å². The van der Waals surface area contributed by atoms with Crippen molar-refractivity contribution >= 4 is 34.4 Å². The number of hydrogen-bond donors (Lipinski definition) is 1. The van der Waals surface area contributed by atoms with Gasteiger partial charge in [0.25, 0.3) is 11.5 Å². The Morgan fingerprint density at radius 1 is 1.19 bits per heavy atom. The molecule has 0 bridgehead atoms. The molecule has 0 aliphatic heterocycles. The van der Waals surface area contributed by atoms with Crippen LogP contribution in [0, 0.1) is 0 Å². The number of imidazole rings is 1. The number of aryl methyl sites for hydroxylation is 1. The van der Waals surface area contributed by atoms with Crippen LogP contribution in [0.1, 0.15) is 12.5 Å². The monoisotopic (exact) mass is 388 g/mol. The molecule has 0 radical (unpaired) electrons. The van der Waals surface area contributed by atoms with Gasteiger partial charge >= 0.3 is 5.69 Å². The normalized spacial score (nSPS) is 11.8. The van der Waals surface area contributed by atoms with Gasteiger partial charge in [0.2, 0.25) is 0 Å². The molecule has 0 aliphatic carbocycles. The summed E-state index contributed by atoms with van der Waals surface area (Å²) < 4.78 is 3.62. The number of fused-ring (bicyclic) bond motifs is 1. The van der Waals surface area contributed by atoms with E-state index in [0.717, 1.165) is 10.1 Å². The van der Waals surface area contributed by atoms with Crippen molar-refractivity contribution in [2.45, 2.75) is 13.5 Å². The van der Waals surface area contributed by atoms with E-state index in [9.17, 15) is 14.4 Å². The molecule has 27 heavy (non-hydrogen) atoms. The number of nitrogens with zero attached hydrogens (tertiary/aromatic N) is 5. The molecule has 0 unspecified atom stereocenters. The second kappa shape index (κ2) is 7.20. The van der Waals surface area contributed by atoms with Gasteiger partial charge in [-0.3, -0.25) is 18.7 Å². The average molecular weight is 389 g/mol. The Kier molecular flexibility index (Phi) is 4.95. The quantitative estimate of drug-likeness (QED) is 0.523. The third kappa shape index (κ3) is 3.54. The Labute approximate surface area is 158 Å². The fraction of sp³-hybridized carbons (Fsp3) is 0.235. The van der Waals surface area contributed by atoms with Gasteiger partial charge in [-0.05, 0) is 24.6 Å². The molecule has 3 aromatic rings. The SMILES string of the molecule is CC(=NNC(=O)Cn1cnc2c1c(=O)n(C)c(=O)n2C)c1ccc(Cl)cc1. The first-order chi connectivity index (χ1) is 12.8. The van der Waals surface area contributed by atoms with Crippen LogP contribution >= 0.6 is 11.6 Å². The Bertz CT molecular complexity index is 1170. The second-order valence-electron chi connectivity index (χ2n) is 5.99. The van der Waals surface area contributed by atoms with Crippen molar-refractivity contribution in [2.75, 3.05) is 0 Å². The summed E-state index contributed by atoms with van der Waals surface area (Å²) in [5, 5.41) is 4.67. The first-order valence-electron chi connectivity index (χ1n) is 7.99. The minimum atomic E-state index is -0.515. The molecule has 10 heteroatoms. The Hall–Kier alpha value is -3.20. The van der Waals surface area contributed by atoms with Gasteiger partial charge in [0, 0.05) is 19.1 Å². The molecule has 1 N–H and O–H groups in total. The zero-order chi connectivity index (χ0) is 19.7. The van der Waals surface area contributed by atoms with Crippen LogP contribution in [0.4, 0.5) is 0 Å². The van der Waals surface area contributed by atoms with Crippen molar-refractivity contribution in [2.24, 2.45) is 19.2 Å². The minimum absolute atomic E-state index is 0.165. The van der Waals surface area contributed by atoms with Crippen molar-refractivity contribution in [3.63, 3.8) is 0 Å². The molecule has 2 aromatic heterocycles.